The highest BCUT2D eigenvalue weighted by Crippen LogP contribution is 2.40. The lowest BCUT2D eigenvalue weighted by Crippen LogP contribution is -2.35. The molecular weight excluding hydrogens is 582 g/mol. The predicted octanol–water partition coefficient (Wildman–Crippen LogP) is 6.16. The zero-order valence-electron chi connectivity index (χ0n) is 25.2. The number of carbonyl (C=O) groups excluding carboxylic acids is 1. The molecule has 1 unspecified atom stereocenters. The second kappa shape index (κ2) is 16.4. The zero-order valence-corrected chi connectivity index (χ0v) is 26.8. The van der Waals surface area contributed by atoms with Gasteiger partial charge >= 0.3 is 0 Å². The Hall–Kier alpha value is -2.75. The maximum Gasteiger partial charge on any atom is 0.245 e. The number of ether oxygens (including phenoxy) is 1. The van der Waals surface area contributed by atoms with Crippen LogP contribution in [0.2, 0.25) is 5.02 Å². The Kier molecular flexibility index (Phi) is 12.6. The second-order valence-corrected chi connectivity index (χ2v) is 13.9. The van der Waals surface area contributed by atoms with Gasteiger partial charge in [0.25, 0.3) is 0 Å². The fourth-order valence-corrected chi connectivity index (χ4v) is 7.61. The number of rotatable bonds is 15. The summed E-state index contributed by atoms with van der Waals surface area (Å²) in [5.41, 5.74) is 2.20. The van der Waals surface area contributed by atoms with Gasteiger partial charge in [-0.2, -0.15) is 4.31 Å². The van der Waals surface area contributed by atoms with Crippen molar-refractivity contribution in [1.29, 1.82) is 0 Å². The van der Waals surface area contributed by atoms with Gasteiger partial charge in [-0.1, -0.05) is 85.1 Å². The van der Waals surface area contributed by atoms with Gasteiger partial charge in [0.15, 0.2) is 0 Å². The van der Waals surface area contributed by atoms with Gasteiger partial charge in [-0.15, -0.1) is 0 Å². The van der Waals surface area contributed by atoms with Gasteiger partial charge in [0.2, 0.25) is 15.9 Å². The first-order valence-corrected chi connectivity index (χ1v) is 16.9. The molecule has 0 saturated heterocycles. The van der Waals surface area contributed by atoms with Crippen molar-refractivity contribution in [2.24, 2.45) is 11.8 Å². The Morgan fingerprint density at radius 3 is 2.19 bits per heavy atom. The molecule has 0 spiro atoms. The van der Waals surface area contributed by atoms with E-state index in [9.17, 15) is 13.2 Å². The lowest BCUT2D eigenvalue weighted by molar-refractivity contribution is -0.125. The van der Waals surface area contributed by atoms with E-state index in [1.165, 1.54) is 22.7 Å². The van der Waals surface area contributed by atoms with Gasteiger partial charge < -0.3 is 15.0 Å². The molecule has 1 aliphatic carbocycles. The molecule has 0 bridgehead atoms. The van der Waals surface area contributed by atoms with Gasteiger partial charge in [0.05, 0.1) is 11.5 Å². The smallest absolute Gasteiger partial charge is 0.245 e. The summed E-state index contributed by atoms with van der Waals surface area (Å²) in [7, 11) is 0.576. The van der Waals surface area contributed by atoms with E-state index < -0.39 is 10.0 Å². The first-order chi connectivity index (χ1) is 20.7. The Morgan fingerprint density at radius 2 is 1.56 bits per heavy atom. The van der Waals surface area contributed by atoms with E-state index in [2.05, 4.69) is 36.4 Å². The third-order valence-corrected chi connectivity index (χ3v) is 10.4. The number of carbonyl (C=O) groups is 1. The lowest BCUT2D eigenvalue weighted by atomic mass is 9.75. The van der Waals surface area contributed by atoms with Gasteiger partial charge in [-0.25, -0.2) is 8.42 Å². The minimum atomic E-state index is -3.71. The standard InChI is InChI=1S/C34H44ClN3O4S/c1-37(2)34(30-17-19-31(35)20-18-30)29-15-13-27(14-16-29)21-22-36-33(39)26-42-24-23-38(25-28-9-5-3-6-10-28)43(40,41)32-11-7-4-8-12-32/h3-12,17-20,27,29,34H,13-16,21-26H2,1-2H3,(H,36,39). The van der Waals surface area contributed by atoms with Crippen molar-refractivity contribution in [1.82, 2.24) is 14.5 Å². The fourth-order valence-electron chi connectivity index (χ4n) is 6.06. The first kappa shape index (κ1) is 33.1. The van der Waals surface area contributed by atoms with Crippen LogP contribution < -0.4 is 5.32 Å². The topological polar surface area (TPSA) is 79.0 Å². The van der Waals surface area contributed by atoms with Gasteiger partial charge in [-0.05, 0) is 80.6 Å². The summed E-state index contributed by atoms with van der Waals surface area (Å²) in [6.07, 6.45) is 5.59. The highest BCUT2D eigenvalue weighted by atomic mass is 35.5. The highest BCUT2D eigenvalue weighted by Gasteiger charge is 2.30. The Bertz CT molecular complexity index is 1360. The SMILES string of the molecule is CN(C)C(c1ccc(Cl)cc1)C1CCC(CCNC(=O)COCCN(Cc2ccccc2)S(=O)(=O)c2ccccc2)CC1. The zero-order chi connectivity index (χ0) is 30.7. The van der Waals surface area contributed by atoms with Crippen LogP contribution in [0.15, 0.2) is 89.8 Å². The van der Waals surface area contributed by atoms with Crippen LogP contribution in [0, 0.1) is 11.8 Å². The van der Waals surface area contributed by atoms with Crippen molar-refractivity contribution in [3.63, 3.8) is 0 Å². The number of amides is 1. The lowest BCUT2D eigenvalue weighted by Gasteiger charge is -2.37. The van der Waals surface area contributed by atoms with Crippen molar-refractivity contribution < 1.29 is 17.9 Å². The summed E-state index contributed by atoms with van der Waals surface area (Å²) in [5, 5.41) is 3.74. The summed E-state index contributed by atoms with van der Waals surface area (Å²) in [6.45, 7) is 1.02. The number of hydrogen-bond acceptors (Lipinski definition) is 5. The van der Waals surface area contributed by atoms with Crippen LogP contribution in [0.1, 0.15) is 49.3 Å². The average molecular weight is 626 g/mol. The predicted molar refractivity (Wildman–Crippen MR) is 172 cm³/mol. The molecule has 0 radical (unpaired) electrons. The third kappa shape index (κ3) is 9.88. The van der Waals surface area contributed by atoms with Gasteiger partial charge in [0, 0.05) is 30.7 Å². The fraction of sp³-hybridized carbons (Fsp3) is 0.441. The average Bonchev–Trinajstić information content (AvgIpc) is 3.01. The maximum atomic E-state index is 13.3. The quantitative estimate of drug-likeness (QED) is 0.205. The van der Waals surface area contributed by atoms with Crippen molar-refractivity contribution in [2.75, 3.05) is 40.4 Å². The van der Waals surface area contributed by atoms with Crippen LogP contribution in [-0.4, -0.2) is 63.9 Å². The molecule has 0 heterocycles. The summed E-state index contributed by atoms with van der Waals surface area (Å²) >= 11 is 6.11. The number of nitrogens with one attached hydrogen (secondary N) is 1. The molecule has 9 heteroatoms. The Balaban J connectivity index is 1.18. The number of benzene rings is 3. The van der Waals surface area contributed by atoms with E-state index in [-0.39, 0.29) is 37.1 Å². The Labute approximate surface area is 262 Å². The van der Waals surface area contributed by atoms with Crippen LogP contribution in [0.5, 0.6) is 0 Å². The summed E-state index contributed by atoms with van der Waals surface area (Å²) in [4.78, 5) is 15.0. The van der Waals surface area contributed by atoms with E-state index >= 15 is 0 Å². The van der Waals surface area contributed by atoms with Crippen molar-refractivity contribution >= 4 is 27.5 Å². The second-order valence-electron chi connectivity index (χ2n) is 11.6. The first-order valence-electron chi connectivity index (χ1n) is 15.1. The van der Waals surface area contributed by atoms with Crippen LogP contribution in [0.25, 0.3) is 0 Å². The molecular formula is C34H44ClN3O4S. The van der Waals surface area contributed by atoms with Crippen molar-refractivity contribution in [2.45, 2.75) is 49.6 Å². The van der Waals surface area contributed by atoms with E-state index in [4.69, 9.17) is 16.3 Å². The van der Waals surface area contributed by atoms with E-state index in [0.29, 0.717) is 24.4 Å². The summed E-state index contributed by atoms with van der Waals surface area (Å²) < 4.78 is 33.7. The molecule has 4 rings (SSSR count). The van der Waals surface area contributed by atoms with Crippen LogP contribution in [0.3, 0.4) is 0 Å². The normalized spacial score (nSPS) is 18.1. The summed E-state index contributed by atoms with van der Waals surface area (Å²) in [6, 6.07) is 26.5. The maximum absolute atomic E-state index is 13.3. The van der Waals surface area contributed by atoms with E-state index in [1.807, 2.05) is 42.5 Å². The number of sulfonamides is 1. The van der Waals surface area contributed by atoms with Crippen LogP contribution in [-0.2, 0) is 26.1 Å². The highest BCUT2D eigenvalue weighted by molar-refractivity contribution is 7.89. The number of nitrogens with zero attached hydrogens (tertiary/aromatic N) is 2. The molecule has 1 N–H and O–H groups in total. The van der Waals surface area contributed by atoms with Crippen LogP contribution in [0.4, 0.5) is 0 Å². The monoisotopic (exact) mass is 625 g/mol. The third-order valence-electron chi connectivity index (χ3n) is 8.28. The van der Waals surface area contributed by atoms with Crippen LogP contribution >= 0.6 is 11.6 Å². The minimum Gasteiger partial charge on any atom is -0.370 e. The molecule has 1 amide bonds. The number of hydrogen-bond donors (Lipinski definition) is 1. The Morgan fingerprint density at radius 1 is 0.930 bits per heavy atom. The molecule has 0 aromatic heterocycles. The number of halogens is 1. The molecule has 232 valence electrons. The van der Waals surface area contributed by atoms with Crippen molar-refractivity contribution in [3.8, 4) is 0 Å². The minimum absolute atomic E-state index is 0.0943. The molecule has 1 aliphatic rings. The van der Waals surface area contributed by atoms with E-state index in [0.717, 1.165) is 29.8 Å². The molecule has 3 aromatic carbocycles. The molecule has 1 saturated carbocycles. The van der Waals surface area contributed by atoms with Gasteiger partial charge in [-0.3, -0.25) is 4.79 Å². The molecule has 3 aromatic rings. The van der Waals surface area contributed by atoms with E-state index in [1.54, 1.807) is 30.3 Å². The molecule has 0 aliphatic heterocycles. The molecule has 43 heavy (non-hydrogen) atoms. The molecule has 7 nitrogen and oxygen atoms in total. The molecule has 1 fully saturated rings. The summed E-state index contributed by atoms with van der Waals surface area (Å²) in [5.74, 6) is 1.02. The largest absolute Gasteiger partial charge is 0.370 e. The van der Waals surface area contributed by atoms with Gasteiger partial charge in [0.1, 0.15) is 6.61 Å². The molecule has 1 atom stereocenters. The van der Waals surface area contributed by atoms with Crippen molar-refractivity contribution in [3.05, 3.63) is 101 Å².